The number of aromatic nitrogens is 2. The van der Waals surface area contributed by atoms with Crippen LogP contribution in [0, 0.1) is 20.8 Å². The van der Waals surface area contributed by atoms with E-state index in [0.717, 1.165) is 17.1 Å². The van der Waals surface area contributed by atoms with Gasteiger partial charge in [-0.25, -0.2) is 0 Å². The van der Waals surface area contributed by atoms with Crippen molar-refractivity contribution >= 4 is 29.2 Å². The van der Waals surface area contributed by atoms with Gasteiger partial charge in [-0.15, -0.1) is 0 Å². The lowest BCUT2D eigenvalue weighted by atomic mass is 10.2. The maximum absolute atomic E-state index is 13.2. The van der Waals surface area contributed by atoms with Gasteiger partial charge in [-0.3, -0.25) is 14.5 Å². The Kier molecular flexibility index (Phi) is 6.34. The molecule has 4 rings (SSSR count). The summed E-state index contributed by atoms with van der Waals surface area (Å²) < 4.78 is 7.03. The van der Waals surface area contributed by atoms with E-state index in [1.54, 1.807) is 13.0 Å². The van der Waals surface area contributed by atoms with Crippen LogP contribution in [0.25, 0.3) is 5.69 Å². The van der Waals surface area contributed by atoms with E-state index in [-0.39, 0.29) is 18.4 Å². The number of hydrogen-bond acceptors (Lipinski definition) is 5. The van der Waals surface area contributed by atoms with Crippen molar-refractivity contribution < 1.29 is 14.1 Å². The molecule has 0 unspecified atom stereocenters. The van der Waals surface area contributed by atoms with Crippen LogP contribution in [-0.2, 0) is 4.79 Å². The number of halogens is 1. The number of carbonyl (C=O) groups is 2. The van der Waals surface area contributed by atoms with Crippen LogP contribution >= 0.6 is 11.6 Å². The lowest BCUT2D eigenvalue weighted by Gasteiger charge is -2.34. The number of aryl methyl sites for hydroxylation is 2. The molecule has 0 atom stereocenters. The van der Waals surface area contributed by atoms with E-state index in [1.165, 1.54) is 0 Å². The third kappa shape index (κ3) is 4.71. The maximum atomic E-state index is 13.2. The van der Waals surface area contributed by atoms with Crippen molar-refractivity contribution in [2.24, 2.45) is 0 Å². The molecule has 1 aliphatic rings. The van der Waals surface area contributed by atoms with Crippen LogP contribution in [0.5, 0.6) is 0 Å². The SMILES string of the molecule is Cc1cc(NC(=O)CN2CCN(C(=O)c3cc(C)n(-c4ccc(Cl)cc4)c3C)CC2)no1. The first-order chi connectivity index (χ1) is 15.3. The Bertz CT molecular complexity index is 1130. The lowest BCUT2D eigenvalue weighted by Crippen LogP contribution is -2.50. The Hall–Kier alpha value is -3.10. The van der Waals surface area contributed by atoms with E-state index in [0.29, 0.717) is 48.3 Å². The summed E-state index contributed by atoms with van der Waals surface area (Å²) in [4.78, 5) is 29.3. The second-order valence-electron chi connectivity index (χ2n) is 8.04. The molecule has 3 heterocycles. The van der Waals surface area contributed by atoms with Gasteiger partial charge in [-0.1, -0.05) is 16.8 Å². The second-order valence-corrected chi connectivity index (χ2v) is 8.47. The molecule has 0 spiro atoms. The highest BCUT2D eigenvalue weighted by Gasteiger charge is 2.26. The number of hydrogen-bond donors (Lipinski definition) is 1. The molecular formula is C23H26ClN5O3. The minimum absolute atomic E-state index is 0.0143. The van der Waals surface area contributed by atoms with Crippen molar-refractivity contribution in [3.8, 4) is 5.69 Å². The monoisotopic (exact) mass is 455 g/mol. The molecule has 2 amide bonds. The summed E-state index contributed by atoms with van der Waals surface area (Å²) in [7, 11) is 0. The molecule has 0 bridgehead atoms. The number of rotatable bonds is 5. The number of anilines is 1. The first kappa shape index (κ1) is 22.1. The van der Waals surface area contributed by atoms with E-state index in [9.17, 15) is 9.59 Å². The fraction of sp³-hybridized carbons (Fsp3) is 0.348. The Morgan fingerprint density at radius 3 is 2.38 bits per heavy atom. The molecule has 0 radical (unpaired) electrons. The Balaban J connectivity index is 1.37. The van der Waals surface area contributed by atoms with Crippen molar-refractivity contribution in [1.82, 2.24) is 19.5 Å². The average Bonchev–Trinajstić information content (AvgIpc) is 3.30. The predicted molar refractivity (Wildman–Crippen MR) is 122 cm³/mol. The van der Waals surface area contributed by atoms with Gasteiger partial charge in [0.1, 0.15) is 5.76 Å². The lowest BCUT2D eigenvalue weighted by molar-refractivity contribution is -0.117. The molecule has 3 aromatic rings. The topological polar surface area (TPSA) is 83.6 Å². The molecule has 9 heteroatoms. The van der Waals surface area contributed by atoms with Crippen LogP contribution in [-0.4, -0.2) is 64.1 Å². The van der Waals surface area contributed by atoms with Gasteiger partial charge < -0.3 is 19.3 Å². The predicted octanol–water partition coefficient (Wildman–Crippen LogP) is 3.44. The van der Waals surface area contributed by atoms with Gasteiger partial charge in [0.05, 0.1) is 12.1 Å². The largest absolute Gasteiger partial charge is 0.360 e. The van der Waals surface area contributed by atoms with E-state index in [1.807, 2.05) is 54.0 Å². The molecule has 2 aromatic heterocycles. The van der Waals surface area contributed by atoms with Crippen molar-refractivity contribution in [3.05, 3.63) is 64.1 Å². The molecule has 8 nitrogen and oxygen atoms in total. The Morgan fingerprint density at radius 1 is 1.06 bits per heavy atom. The highest BCUT2D eigenvalue weighted by molar-refractivity contribution is 6.30. The smallest absolute Gasteiger partial charge is 0.255 e. The number of nitrogens with one attached hydrogen (secondary N) is 1. The first-order valence-corrected chi connectivity index (χ1v) is 10.9. The summed E-state index contributed by atoms with van der Waals surface area (Å²) in [6, 6.07) is 11.2. The average molecular weight is 456 g/mol. The van der Waals surface area contributed by atoms with Gasteiger partial charge in [0.15, 0.2) is 5.82 Å². The zero-order valence-corrected chi connectivity index (χ0v) is 19.1. The summed E-state index contributed by atoms with van der Waals surface area (Å²) >= 11 is 6.01. The third-order valence-corrected chi connectivity index (χ3v) is 5.92. The molecule has 0 aliphatic carbocycles. The van der Waals surface area contributed by atoms with Gasteiger partial charge in [-0.2, -0.15) is 0 Å². The molecule has 168 valence electrons. The summed E-state index contributed by atoms with van der Waals surface area (Å²) in [6.07, 6.45) is 0. The fourth-order valence-corrected chi connectivity index (χ4v) is 4.18. The molecule has 32 heavy (non-hydrogen) atoms. The number of nitrogens with zero attached hydrogens (tertiary/aromatic N) is 4. The van der Waals surface area contributed by atoms with Gasteiger partial charge >= 0.3 is 0 Å². The molecular weight excluding hydrogens is 430 g/mol. The van der Waals surface area contributed by atoms with Crippen LogP contribution in [0.3, 0.4) is 0 Å². The van der Waals surface area contributed by atoms with E-state index >= 15 is 0 Å². The van der Waals surface area contributed by atoms with Crippen molar-refractivity contribution in [2.45, 2.75) is 20.8 Å². The van der Waals surface area contributed by atoms with Crippen LogP contribution in [0.4, 0.5) is 5.82 Å². The van der Waals surface area contributed by atoms with Crippen molar-refractivity contribution in [1.29, 1.82) is 0 Å². The third-order valence-electron chi connectivity index (χ3n) is 5.67. The van der Waals surface area contributed by atoms with E-state index in [4.69, 9.17) is 16.1 Å². The summed E-state index contributed by atoms with van der Waals surface area (Å²) in [5.74, 6) is 0.922. The van der Waals surface area contributed by atoms with Crippen LogP contribution in [0.1, 0.15) is 27.5 Å². The Morgan fingerprint density at radius 2 is 1.75 bits per heavy atom. The highest BCUT2D eigenvalue weighted by atomic mass is 35.5. The van der Waals surface area contributed by atoms with Gasteiger partial charge in [0.25, 0.3) is 5.91 Å². The standard InChI is InChI=1S/C23H26ClN5O3/c1-15-12-20(17(3)29(15)19-6-4-18(24)5-7-19)23(31)28-10-8-27(9-11-28)14-22(30)25-21-13-16(2)32-26-21/h4-7,12-13H,8-11,14H2,1-3H3,(H,25,26,30). The van der Waals surface area contributed by atoms with Crippen molar-refractivity contribution in [2.75, 3.05) is 38.0 Å². The number of amides is 2. The van der Waals surface area contributed by atoms with Crippen LogP contribution in [0.15, 0.2) is 40.9 Å². The number of benzene rings is 1. The van der Waals surface area contributed by atoms with Gasteiger partial charge in [0, 0.05) is 54.3 Å². The van der Waals surface area contributed by atoms with Crippen molar-refractivity contribution in [3.63, 3.8) is 0 Å². The van der Waals surface area contributed by atoms with E-state index < -0.39 is 0 Å². The minimum atomic E-state index is -0.149. The summed E-state index contributed by atoms with van der Waals surface area (Å²) in [6.45, 7) is 8.37. The summed E-state index contributed by atoms with van der Waals surface area (Å²) in [5.41, 5.74) is 3.57. The highest BCUT2D eigenvalue weighted by Crippen LogP contribution is 2.23. The molecule has 1 fully saturated rings. The molecule has 1 saturated heterocycles. The van der Waals surface area contributed by atoms with E-state index in [2.05, 4.69) is 15.0 Å². The van der Waals surface area contributed by atoms with Crippen LogP contribution < -0.4 is 5.32 Å². The number of carbonyl (C=O) groups excluding carboxylic acids is 2. The Labute approximate surface area is 191 Å². The quantitative estimate of drug-likeness (QED) is 0.637. The normalized spacial score (nSPS) is 14.6. The zero-order valence-electron chi connectivity index (χ0n) is 18.4. The minimum Gasteiger partial charge on any atom is -0.360 e. The zero-order chi connectivity index (χ0) is 22.8. The maximum Gasteiger partial charge on any atom is 0.255 e. The second kappa shape index (κ2) is 9.18. The fourth-order valence-electron chi connectivity index (χ4n) is 4.06. The molecule has 1 N–H and O–H groups in total. The first-order valence-electron chi connectivity index (χ1n) is 10.5. The molecule has 1 aromatic carbocycles. The molecule has 0 saturated carbocycles. The summed E-state index contributed by atoms with van der Waals surface area (Å²) in [5, 5.41) is 7.18. The van der Waals surface area contributed by atoms with Crippen LogP contribution in [0.2, 0.25) is 5.02 Å². The van der Waals surface area contributed by atoms with Gasteiger partial charge in [-0.05, 0) is 51.1 Å². The van der Waals surface area contributed by atoms with Gasteiger partial charge in [0.2, 0.25) is 5.91 Å². The molecule has 1 aliphatic heterocycles. The number of piperazine rings is 1.